The second kappa shape index (κ2) is 12.1. The molecule has 3 aliphatic heterocycles. The fourth-order valence-electron chi connectivity index (χ4n) is 4.71. The van der Waals surface area contributed by atoms with Gasteiger partial charge >= 0.3 is 0 Å². The summed E-state index contributed by atoms with van der Waals surface area (Å²) in [6.45, 7) is 2.20. The van der Waals surface area contributed by atoms with Crippen molar-refractivity contribution in [2.75, 3.05) is 67.4 Å². The predicted molar refractivity (Wildman–Crippen MR) is 133 cm³/mol. The number of fused-ring (bicyclic) bond motifs is 11. The van der Waals surface area contributed by atoms with Crippen LogP contribution in [0.3, 0.4) is 0 Å². The van der Waals surface area contributed by atoms with Gasteiger partial charge in [0.25, 0.3) is 0 Å². The van der Waals surface area contributed by atoms with Gasteiger partial charge in [-0.25, -0.2) is 0 Å². The van der Waals surface area contributed by atoms with Crippen molar-refractivity contribution in [1.82, 2.24) is 9.80 Å². The van der Waals surface area contributed by atoms with Crippen molar-refractivity contribution in [3.8, 4) is 17.2 Å². The highest BCUT2D eigenvalue weighted by molar-refractivity contribution is 5.85. The molecule has 2 aromatic carbocycles. The molecule has 0 N–H and O–H groups in total. The first kappa shape index (κ1) is 25.8. The molecule has 0 saturated carbocycles. The molecule has 0 fully saturated rings. The maximum Gasteiger partial charge on any atom is 0.242 e. The minimum absolute atomic E-state index is 0.0282. The molecule has 2 bridgehead atoms. The lowest BCUT2D eigenvalue weighted by Gasteiger charge is -2.39. The molecule has 5 rings (SSSR count). The van der Waals surface area contributed by atoms with E-state index >= 15 is 0 Å². The molecule has 2 aromatic rings. The number of methoxy groups -OCH3 is 3. The van der Waals surface area contributed by atoms with E-state index in [-0.39, 0.29) is 30.8 Å². The molecule has 0 radical (unpaired) electrons. The SMILES string of the molecule is COCCC(=O)N1CCOCCOc2ccc(cc2)C2c3cc(OC)c(OC)cc3CCN2C(=O)C1. The van der Waals surface area contributed by atoms with Crippen molar-refractivity contribution in [2.24, 2.45) is 0 Å². The van der Waals surface area contributed by atoms with E-state index in [0.29, 0.717) is 57.4 Å². The smallest absolute Gasteiger partial charge is 0.242 e. The quantitative estimate of drug-likeness (QED) is 0.586. The summed E-state index contributed by atoms with van der Waals surface area (Å²) in [7, 11) is 4.77. The lowest BCUT2D eigenvalue weighted by atomic mass is 9.87. The van der Waals surface area contributed by atoms with E-state index < -0.39 is 0 Å². The monoisotopic (exact) mass is 498 g/mol. The van der Waals surface area contributed by atoms with Crippen LogP contribution in [0.4, 0.5) is 0 Å². The number of carbonyl (C=O) groups excluding carboxylic acids is 2. The number of rotatable bonds is 5. The van der Waals surface area contributed by atoms with Crippen molar-refractivity contribution in [1.29, 1.82) is 0 Å². The molecule has 3 aliphatic rings. The Bertz CT molecular complexity index is 1060. The number of amides is 2. The summed E-state index contributed by atoms with van der Waals surface area (Å²) >= 11 is 0. The second-order valence-electron chi connectivity index (χ2n) is 8.73. The molecule has 36 heavy (non-hydrogen) atoms. The van der Waals surface area contributed by atoms with Crippen molar-refractivity contribution in [3.63, 3.8) is 0 Å². The van der Waals surface area contributed by atoms with Gasteiger partial charge in [-0.3, -0.25) is 9.59 Å². The number of benzene rings is 2. The minimum atomic E-state index is -0.340. The number of hydrogen-bond donors (Lipinski definition) is 0. The summed E-state index contributed by atoms with van der Waals surface area (Å²) in [5.41, 5.74) is 3.03. The van der Waals surface area contributed by atoms with Gasteiger partial charge in [-0.15, -0.1) is 0 Å². The Labute approximate surface area is 211 Å². The Morgan fingerprint density at radius 3 is 2.47 bits per heavy atom. The number of carbonyl (C=O) groups is 2. The number of hydrogen-bond acceptors (Lipinski definition) is 7. The van der Waals surface area contributed by atoms with Crippen LogP contribution >= 0.6 is 0 Å². The molecule has 3 heterocycles. The normalized spacial score (nSPS) is 18.4. The van der Waals surface area contributed by atoms with Gasteiger partial charge in [0, 0.05) is 20.2 Å². The van der Waals surface area contributed by atoms with Gasteiger partial charge in [-0.1, -0.05) is 12.1 Å². The molecule has 9 heteroatoms. The second-order valence-corrected chi connectivity index (χ2v) is 8.73. The van der Waals surface area contributed by atoms with E-state index in [0.717, 1.165) is 22.4 Å². The molecular formula is C27H34N2O7. The molecule has 0 aromatic heterocycles. The molecule has 2 amide bonds. The average Bonchev–Trinajstić information content (AvgIpc) is 2.91. The van der Waals surface area contributed by atoms with Crippen molar-refractivity contribution < 1.29 is 33.3 Å². The van der Waals surface area contributed by atoms with Gasteiger partial charge < -0.3 is 33.5 Å². The molecule has 0 saturated heterocycles. The van der Waals surface area contributed by atoms with Crippen LogP contribution in [0.15, 0.2) is 36.4 Å². The van der Waals surface area contributed by atoms with Crippen molar-refractivity contribution >= 4 is 11.8 Å². The van der Waals surface area contributed by atoms with Crippen LogP contribution in [0.5, 0.6) is 17.2 Å². The Kier molecular flexibility index (Phi) is 8.66. The zero-order valence-electron chi connectivity index (χ0n) is 21.2. The van der Waals surface area contributed by atoms with E-state index in [4.69, 9.17) is 23.7 Å². The molecular weight excluding hydrogens is 464 g/mol. The van der Waals surface area contributed by atoms with Gasteiger partial charge in [-0.05, 0) is 47.4 Å². The lowest BCUT2D eigenvalue weighted by Crippen LogP contribution is -2.47. The van der Waals surface area contributed by atoms with E-state index in [9.17, 15) is 9.59 Å². The topological polar surface area (TPSA) is 86.8 Å². The van der Waals surface area contributed by atoms with Gasteiger partial charge in [-0.2, -0.15) is 0 Å². The minimum Gasteiger partial charge on any atom is -0.493 e. The van der Waals surface area contributed by atoms with Crippen LogP contribution < -0.4 is 14.2 Å². The van der Waals surface area contributed by atoms with E-state index in [1.54, 1.807) is 26.2 Å². The first-order valence-corrected chi connectivity index (χ1v) is 12.2. The third-order valence-electron chi connectivity index (χ3n) is 6.59. The van der Waals surface area contributed by atoms with E-state index in [1.165, 1.54) is 0 Å². The van der Waals surface area contributed by atoms with Crippen LogP contribution in [-0.4, -0.2) is 89.0 Å². The van der Waals surface area contributed by atoms with Gasteiger partial charge in [0.2, 0.25) is 11.8 Å². The van der Waals surface area contributed by atoms with Crippen LogP contribution in [0, 0.1) is 0 Å². The number of ether oxygens (including phenoxy) is 5. The first-order valence-electron chi connectivity index (χ1n) is 12.2. The molecule has 1 atom stereocenters. The lowest BCUT2D eigenvalue weighted by molar-refractivity contribution is -0.142. The highest BCUT2D eigenvalue weighted by Crippen LogP contribution is 2.41. The van der Waals surface area contributed by atoms with Crippen LogP contribution in [0.25, 0.3) is 0 Å². The van der Waals surface area contributed by atoms with Crippen molar-refractivity contribution in [2.45, 2.75) is 18.9 Å². The Hall–Kier alpha value is -3.30. The van der Waals surface area contributed by atoms with Crippen LogP contribution in [0.2, 0.25) is 0 Å². The van der Waals surface area contributed by atoms with E-state index in [2.05, 4.69) is 0 Å². The molecule has 1 unspecified atom stereocenters. The molecule has 9 nitrogen and oxygen atoms in total. The summed E-state index contributed by atoms with van der Waals surface area (Å²) in [4.78, 5) is 30.0. The van der Waals surface area contributed by atoms with Crippen molar-refractivity contribution in [3.05, 3.63) is 53.1 Å². The zero-order chi connectivity index (χ0) is 25.5. The highest BCUT2D eigenvalue weighted by Gasteiger charge is 2.34. The van der Waals surface area contributed by atoms with E-state index in [1.807, 2.05) is 41.3 Å². The number of nitrogens with zero attached hydrogens (tertiary/aromatic N) is 2. The third kappa shape index (κ3) is 5.74. The largest absolute Gasteiger partial charge is 0.493 e. The summed E-state index contributed by atoms with van der Waals surface area (Å²) < 4.78 is 27.7. The van der Waals surface area contributed by atoms with Gasteiger partial charge in [0.05, 0.1) is 53.0 Å². The zero-order valence-corrected chi connectivity index (χ0v) is 21.2. The maximum absolute atomic E-state index is 13.7. The molecule has 0 spiro atoms. The highest BCUT2D eigenvalue weighted by atomic mass is 16.5. The standard InChI is InChI=1S/C27H34N2O7/c1-32-12-9-25(30)28-11-13-35-14-15-36-21-6-4-19(5-7-21)27-22-17-24(34-3)23(33-2)16-20(22)8-10-29(27)26(31)18-28/h4-7,16-17,27H,8-15,18H2,1-3H3. The Morgan fingerprint density at radius 2 is 1.75 bits per heavy atom. The fraction of sp³-hybridized carbons (Fsp3) is 0.481. The predicted octanol–water partition coefficient (Wildman–Crippen LogP) is 2.45. The molecule has 0 aliphatic carbocycles. The van der Waals surface area contributed by atoms with Crippen LogP contribution in [-0.2, 0) is 25.5 Å². The summed E-state index contributed by atoms with van der Waals surface area (Å²) in [5.74, 6) is 1.73. The molecule has 194 valence electrons. The fourth-order valence-corrected chi connectivity index (χ4v) is 4.71. The van der Waals surface area contributed by atoms with Crippen LogP contribution in [0.1, 0.15) is 29.2 Å². The van der Waals surface area contributed by atoms with Gasteiger partial charge in [0.15, 0.2) is 11.5 Å². The van der Waals surface area contributed by atoms with Gasteiger partial charge in [0.1, 0.15) is 12.4 Å². The summed E-state index contributed by atoms with van der Waals surface area (Å²) in [6, 6.07) is 11.4. The first-order chi connectivity index (χ1) is 17.5. The third-order valence-corrected chi connectivity index (χ3v) is 6.59. The average molecular weight is 499 g/mol. The maximum atomic E-state index is 13.7. The summed E-state index contributed by atoms with van der Waals surface area (Å²) in [6.07, 6.45) is 0.872. The Balaban J connectivity index is 1.73. The summed E-state index contributed by atoms with van der Waals surface area (Å²) in [5, 5.41) is 0. The Morgan fingerprint density at radius 1 is 1.00 bits per heavy atom.